The number of hydrogen-bond donors (Lipinski definition) is 3. The molecule has 13 nitrogen and oxygen atoms in total. The van der Waals surface area contributed by atoms with Crippen molar-refractivity contribution in [2.75, 3.05) is 32.7 Å². The van der Waals surface area contributed by atoms with Crippen LogP contribution in [-0.4, -0.2) is 96.8 Å². The number of carboxylic acids is 1. The molecule has 3 N–H and O–H groups in total. The molecule has 0 radical (unpaired) electrons. The van der Waals surface area contributed by atoms with E-state index in [1.807, 2.05) is 0 Å². The van der Waals surface area contributed by atoms with Crippen molar-refractivity contribution in [2.45, 2.75) is 69.5 Å². The number of aryl methyl sites for hydroxylation is 1. The molecule has 2 aliphatic heterocycles. The zero-order chi connectivity index (χ0) is 33.0. The Balaban J connectivity index is 1.58. The molecule has 3 amide bonds. The maximum Gasteiger partial charge on any atom is 0.532 e. The summed E-state index contributed by atoms with van der Waals surface area (Å²) in [5, 5.41) is 16.3. The van der Waals surface area contributed by atoms with Gasteiger partial charge in [0.15, 0.2) is 0 Å². The van der Waals surface area contributed by atoms with Crippen molar-refractivity contribution in [3.8, 4) is 5.75 Å². The molecule has 45 heavy (non-hydrogen) atoms. The average Bonchev–Trinajstić information content (AvgIpc) is 3.52. The third-order valence-corrected chi connectivity index (χ3v) is 9.53. The Morgan fingerprint density at radius 1 is 0.978 bits per heavy atom. The van der Waals surface area contributed by atoms with Crippen LogP contribution in [0.3, 0.4) is 0 Å². The number of sulfonamides is 1. The second-order valence-electron chi connectivity index (χ2n) is 12.3. The van der Waals surface area contributed by atoms with Crippen LogP contribution in [0, 0.1) is 6.92 Å². The molecule has 14 heteroatoms. The van der Waals surface area contributed by atoms with Crippen molar-refractivity contribution in [1.82, 2.24) is 14.9 Å². The van der Waals surface area contributed by atoms with Gasteiger partial charge in [0.1, 0.15) is 30.5 Å². The fourth-order valence-electron chi connectivity index (χ4n) is 5.25. The first kappa shape index (κ1) is 34.0. The van der Waals surface area contributed by atoms with Gasteiger partial charge in [0, 0.05) is 19.5 Å². The highest BCUT2D eigenvalue weighted by atomic mass is 32.2. The fourth-order valence-corrected chi connectivity index (χ4v) is 6.82. The van der Waals surface area contributed by atoms with Crippen molar-refractivity contribution >= 4 is 34.1 Å². The normalized spacial score (nSPS) is 18.9. The van der Waals surface area contributed by atoms with Gasteiger partial charge in [-0.2, -0.15) is 9.59 Å². The van der Waals surface area contributed by atoms with Crippen molar-refractivity contribution in [3.05, 3.63) is 59.7 Å². The van der Waals surface area contributed by atoms with Crippen LogP contribution < -0.4 is 15.4 Å². The molecule has 0 aliphatic carbocycles. The number of aliphatic carboxylic acids is 1. The number of nitrogens with zero attached hydrogens (tertiary/aromatic N) is 2. The fraction of sp³-hybridized carbons (Fsp3) is 0.484. The zero-order valence-corrected chi connectivity index (χ0v) is 26.8. The summed E-state index contributed by atoms with van der Waals surface area (Å²) in [4.78, 5) is 52.4. The smallest absolute Gasteiger partial charge is 0.480 e. The van der Waals surface area contributed by atoms with Crippen LogP contribution in [0.5, 0.6) is 5.75 Å². The highest BCUT2D eigenvalue weighted by molar-refractivity contribution is 7.89. The van der Waals surface area contributed by atoms with Crippen molar-refractivity contribution in [1.29, 1.82) is 0 Å². The van der Waals surface area contributed by atoms with Gasteiger partial charge in [-0.25, -0.2) is 17.5 Å². The summed E-state index contributed by atoms with van der Waals surface area (Å²) in [5.74, 6) is -2.22. The van der Waals surface area contributed by atoms with Gasteiger partial charge in [-0.1, -0.05) is 29.8 Å². The van der Waals surface area contributed by atoms with E-state index in [4.69, 9.17) is 9.47 Å². The first-order chi connectivity index (χ1) is 21.1. The van der Waals surface area contributed by atoms with E-state index in [-0.39, 0.29) is 30.2 Å². The first-order valence-electron chi connectivity index (χ1n) is 14.9. The van der Waals surface area contributed by atoms with E-state index >= 15 is 0 Å². The molecule has 244 valence electrons. The van der Waals surface area contributed by atoms with Gasteiger partial charge >= 0.3 is 18.2 Å². The molecule has 2 aromatic carbocycles. The molecule has 0 saturated carbocycles. The topological polar surface area (TPSA) is 168 Å². The van der Waals surface area contributed by atoms with Crippen LogP contribution in [0.2, 0.25) is 0 Å². The molecule has 2 saturated heterocycles. The van der Waals surface area contributed by atoms with Crippen LogP contribution in [0.25, 0.3) is 0 Å². The van der Waals surface area contributed by atoms with Crippen LogP contribution in [0.4, 0.5) is 9.59 Å². The second-order valence-corrected chi connectivity index (χ2v) is 14.1. The highest BCUT2D eigenvalue weighted by Gasteiger charge is 2.51. The largest absolute Gasteiger partial charge is 0.532 e. The van der Waals surface area contributed by atoms with Crippen LogP contribution >= 0.6 is 0 Å². The Labute approximate surface area is 263 Å². The van der Waals surface area contributed by atoms with E-state index in [1.54, 1.807) is 39.8 Å². The van der Waals surface area contributed by atoms with E-state index in [0.717, 1.165) is 5.56 Å². The van der Waals surface area contributed by atoms with Crippen LogP contribution in [0.15, 0.2) is 53.4 Å². The number of carbonyl (C=O) groups excluding carboxylic acids is 3. The number of rotatable bonds is 8. The molecule has 2 aliphatic rings. The third-order valence-electron chi connectivity index (χ3n) is 7.71. The Morgan fingerprint density at radius 2 is 1.60 bits per heavy atom. The summed E-state index contributed by atoms with van der Waals surface area (Å²) in [6.45, 7) is 8.52. The Morgan fingerprint density at radius 3 is 2.13 bits per heavy atom. The van der Waals surface area contributed by atoms with Crippen molar-refractivity contribution in [2.24, 2.45) is 0 Å². The number of hydrogen-bond acceptors (Lipinski definition) is 10. The Hall–Kier alpha value is -3.85. The minimum atomic E-state index is -4.54. The number of carbonyl (C=O) groups is 4. The quantitative estimate of drug-likeness (QED) is 0.361. The molecule has 2 aromatic rings. The molecular weight excluding hydrogens is 604 g/mol. The van der Waals surface area contributed by atoms with Gasteiger partial charge in [-0.05, 0) is 76.9 Å². The predicted octanol–water partition coefficient (Wildman–Crippen LogP) is 2.81. The van der Waals surface area contributed by atoms with Gasteiger partial charge < -0.3 is 25.2 Å². The third kappa shape index (κ3) is 7.87. The summed E-state index contributed by atoms with van der Waals surface area (Å²) in [6.07, 6.45) is -0.837. The minimum Gasteiger partial charge on any atom is -0.480 e. The molecule has 2 atom stereocenters. The molecule has 0 aromatic heterocycles. The maximum atomic E-state index is 13.8. The molecule has 2 fully saturated rings. The first-order valence-corrected chi connectivity index (χ1v) is 16.3. The number of carboxylic acid groups (broad SMARTS) is 1. The van der Waals surface area contributed by atoms with E-state index in [9.17, 15) is 32.7 Å². The van der Waals surface area contributed by atoms with Gasteiger partial charge in [0.2, 0.25) is 0 Å². The summed E-state index contributed by atoms with van der Waals surface area (Å²) >= 11 is 0. The van der Waals surface area contributed by atoms with E-state index in [2.05, 4.69) is 10.6 Å². The van der Waals surface area contributed by atoms with Crippen molar-refractivity contribution < 1.29 is 46.7 Å². The number of quaternary nitrogens is 1. The molecule has 2 heterocycles. The summed E-state index contributed by atoms with van der Waals surface area (Å²) < 4.78 is 38.5. The van der Waals surface area contributed by atoms with E-state index in [0.29, 0.717) is 42.3 Å². The number of imide groups is 1. The number of ether oxygens (including phenoxy) is 2. The van der Waals surface area contributed by atoms with Crippen molar-refractivity contribution in [3.63, 3.8) is 0 Å². The van der Waals surface area contributed by atoms with Gasteiger partial charge in [-0.3, -0.25) is 4.79 Å². The molecule has 0 unspecified atom stereocenters. The minimum absolute atomic E-state index is 0.102. The molecule has 4 rings (SSSR count). The number of piperazine rings is 1. The Bertz CT molecular complexity index is 1510. The summed E-state index contributed by atoms with van der Waals surface area (Å²) in [7, 11) is -4.54. The number of benzene rings is 2. The van der Waals surface area contributed by atoms with E-state index in [1.165, 1.54) is 36.4 Å². The Kier molecular flexibility index (Phi) is 10.3. The lowest BCUT2D eigenvalue weighted by atomic mass is 10.0. The lowest BCUT2D eigenvalue weighted by Gasteiger charge is -2.35. The SMILES string of the molecule is Cc1ccc(S(=O)(=O)N(C(=O)[C@@H]2CCCN2)[C@@H](Cc2ccc(OC(=O)[N+]3(C(=O)OC(C)(C)C)CCNCC3)cc2)C(=O)O)cc1. The summed E-state index contributed by atoms with van der Waals surface area (Å²) in [6, 6.07) is 9.11. The predicted molar refractivity (Wildman–Crippen MR) is 163 cm³/mol. The number of amides is 3. The maximum absolute atomic E-state index is 13.8. The standard InChI is InChI=1S/C31H40N4O9S/c1-21-7-13-24(14-8-21)45(41,42)34(27(36)25-6-5-15-33-25)26(28(37)38)20-22-9-11-23(12-10-22)43-29(39)35(18-16-32-17-19-35)30(40)44-31(2,3)4/h7-14,25-26,32-33H,5-6,15-20H2,1-4H3/p+1/t25-,26-/m0/s1. The lowest BCUT2D eigenvalue weighted by Crippen LogP contribution is -2.66. The van der Waals surface area contributed by atoms with E-state index < -0.39 is 56.3 Å². The number of nitrogens with one attached hydrogen (secondary N) is 2. The van der Waals surface area contributed by atoms with Gasteiger partial charge in [0.25, 0.3) is 15.9 Å². The lowest BCUT2D eigenvalue weighted by molar-refractivity contribution is -0.787. The monoisotopic (exact) mass is 645 g/mol. The average molecular weight is 646 g/mol. The molecule has 0 spiro atoms. The summed E-state index contributed by atoms with van der Waals surface area (Å²) in [5.41, 5.74) is 0.374. The molecule has 0 bridgehead atoms. The zero-order valence-electron chi connectivity index (χ0n) is 25.9. The van der Waals surface area contributed by atoms with Gasteiger partial charge in [-0.15, -0.1) is 4.48 Å². The highest BCUT2D eigenvalue weighted by Crippen LogP contribution is 2.26. The van der Waals surface area contributed by atoms with Crippen LogP contribution in [-0.2, 0) is 30.8 Å². The van der Waals surface area contributed by atoms with Gasteiger partial charge in [0.05, 0.1) is 10.9 Å². The molecular formula is C31H41N4O9S+. The van der Waals surface area contributed by atoms with Crippen LogP contribution in [0.1, 0.15) is 44.7 Å². The second kappa shape index (κ2) is 13.6.